The predicted octanol–water partition coefficient (Wildman–Crippen LogP) is 1.97. The van der Waals surface area contributed by atoms with Crippen LogP contribution in [0.2, 0.25) is 0 Å². The van der Waals surface area contributed by atoms with Crippen molar-refractivity contribution in [3.8, 4) is 0 Å². The van der Waals surface area contributed by atoms with E-state index in [-0.39, 0.29) is 0 Å². The topological polar surface area (TPSA) is 41.0 Å². The van der Waals surface area contributed by atoms with Crippen LogP contribution in [0.3, 0.4) is 0 Å². The molecule has 0 radical (unpaired) electrons. The number of nitrogens with zero attached hydrogens (tertiary/aromatic N) is 2. The standard InChI is InChI=1S/C8H11N3S/c1-6(2)10-5-7-3-4-9-8(12)11-7/h3-6H,1-2H3,(H,9,11,12). The van der Waals surface area contributed by atoms with E-state index in [4.69, 9.17) is 12.2 Å². The molecule has 1 rings (SSSR count). The molecule has 64 valence electrons. The van der Waals surface area contributed by atoms with Crippen LogP contribution < -0.4 is 0 Å². The van der Waals surface area contributed by atoms with E-state index >= 15 is 0 Å². The molecule has 0 bridgehead atoms. The average Bonchev–Trinajstić information content (AvgIpc) is 2.01. The fourth-order valence-electron chi connectivity index (χ4n) is 0.687. The van der Waals surface area contributed by atoms with Gasteiger partial charge in [-0.3, -0.25) is 4.99 Å². The Morgan fingerprint density at radius 1 is 1.67 bits per heavy atom. The number of nitrogens with one attached hydrogen (secondary N) is 1. The minimum Gasteiger partial charge on any atom is -0.330 e. The van der Waals surface area contributed by atoms with Crippen LogP contribution in [-0.2, 0) is 0 Å². The van der Waals surface area contributed by atoms with E-state index in [1.165, 1.54) is 0 Å². The Morgan fingerprint density at radius 3 is 3.00 bits per heavy atom. The van der Waals surface area contributed by atoms with Gasteiger partial charge in [0.25, 0.3) is 0 Å². The molecule has 1 N–H and O–H groups in total. The summed E-state index contributed by atoms with van der Waals surface area (Å²) in [5.41, 5.74) is 0.892. The summed E-state index contributed by atoms with van der Waals surface area (Å²) in [5.74, 6) is 0. The summed E-state index contributed by atoms with van der Waals surface area (Å²) in [5, 5.41) is 0. The van der Waals surface area contributed by atoms with Crippen molar-refractivity contribution in [1.82, 2.24) is 9.97 Å². The van der Waals surface area contributed by atoms with Gasteiger partial charge in [-0.15, -0.1) is 0 Å². The van der Waals surface area contributed by atoms with E-state index in [9.17, 15) is 0 Å². The normalized spacial score (nSPS) is 11.2. The largest absolute Gasteiger partial charge is 0.330 e. The number of aromatic amines is 1. The molecule has 0 amide bonds. The van der Waals surface area contributed by atoms with E-state index in [1.54, 1.807) is 12.4 Å². The third-order valence-corrected chi connectivity index (χ3v) is 1.42. The first-order valence-corrected chi connectivity index (χ1v) is 4.18. The molecule has 0 saturated heterocycles. The predicted molar refractivity (Wildman–Crippen MR) is 52.2 cm³/mol. The van der Waals surface area contributed by atoms with Gasteiger partial charge < -0.3 is 4.98 Å². The average molecular weight is 181 g/mol. The van der Waals surface area contributed by atoms with Crippen molar-refractivity contribution >= 4 is 18.4 Å². The Labute approximate surface area is 76.6 Å². The lowest BCUT2D eigenvalue weighted by Crippen LogP contribution is -1.93. The maximum atomic E-state index is 4.85. The first kappa shape index (κ1) is 9.06. The maximum Gasteiger partial charge on any atom is 0.197 e. The minimum atomic E-state index is 0.306. The Morgan fingerprint density at radius 2 is 2.42 bits per heavy atom. The van der Waals surface area contributed by atoms with Crippen molar-refractivity contribution < 1.29 is 0 Å². The van der Waals surface area contributed by atoms with Gasteiger partial charge >= 0.3 is 0 Å². The molecule has 3 nitrogen and oxygen atoms in total. The number of H-pyrrole nitrogens is 1. The molecule has 12 heavy (non-hydrogen) atoms. The van der Waals surface area contributed by atoms with Gasteiger partial charge in [0.1, 0.15) is 0 Å². The highest BCUT2D eigenvalue weighted by atomic mass is 32.1. The lowest BCUT2D eigenvalue weighted by molar-refractivity contribution is 0.840. The summed E-state index contributed by atoms with van der Waals surface area (Å²) in [7, 11) is 0. The third-order valence-electron chi connectivity index (χ3n) is 1.21. The summed E-state index contributed by atoms with van der Waals surface area (Å²) < 4.78 is 0.489. The Hall–Kier alpha value is -1.03. The molecule has 0 spiro atoms. The fraction of sp³-hybridized carbons (Fsp3) is 0.375. The maximum absolute atomic E-state index is 4.85. The molecule has 0 aliphatic carbocycles. The highest BCUT2D eigenvalue weighted by Crippen LogP contribution is 1.90. The molecule has 1 heterocycles. The molecule has 1 aromatic heterocycles. The Balaban J connectivity index is 2.83. The Bertz CT molecular complexity index is 327. The second-order valence-corrected chi connectivity index (χ2v) is 3.09. The molecule has 0 fully saturated rings. The number of aliphatic imine (C=N–C) groups is 1. The van der Waals surface area contributed by atoms with Crippen molar-refractivity contribution in [2.45, 2.75) is 19.9 Å². The van der Waals surface area contributed by atoms with Gasteiger partial charge in [0.15, 0.2) is 4.77 Å². The number of rotatable bonds is 2. The van der Waals surface area contributed by atoms with Crippen LogP contribution in [0.5, 0.6) is 0 Å². The second kappa shape index (κ2) is 4.11. The zero-order valence-corrected chi connectivity index (χ0v) is 7.93. The van der Waals surface area contributed by atoms with Crippen molar-refractivity contribution in [2.24, 2.45) is 4.99 Å². The van der Waals surface area contributed by atoms with Gasteiger partial charge in [-0.1, -0.05) is 0 Å². The van der Waals surface area contributed by atoms with E-state index < -0.39 is 0 Å². The van der Waals surface area contributed by atoms with E-state index in [2.05, 4.69) is 15.0 Å². The van der Waals surface area contributed by atoms with Gasteiger partial charge in [-0.2, -0.15) is 0 Å². The molecule has 1 aromatic rings. The molecule has 0 atom stereocenters. The Kier molecular flexibility index (Phi) is 3.10. The van der Waals surface area contributed by atoms with Crippen LogP contribution >= 0.6 is 12.2 Å². The molecule has 0 unspecified atom stereocenters. The second-order valence-electron chi connectivity index (χ2n) is 2.70. The van der Waals surface area contributed by atoms with Crippen molar-refractivity contribution in [3.63, 3.8) is 0 Å². The zero-order chi connectivity index (χ0) is 8.97. The number of hydrogen-bond donors (Lipinski definition) is 1. The summed E-state index contributed by atoms with van der Waals surface area (Å²) in [6.07, 6.45) is 3.43. The van der Waals surface area contributed by atoms with E-state index in [0.29, 0.717) is 10.8 Å². The van der Waals surface area contributed by atoms with Crippen LogP contribution in [-0.4, -0.2) is 22.2 Å². The van der Waals surface area contributed by atoms with Gasteiger partial charge in [-0.25, -0.2) is 4.98 Å². The van der Waals surface area contributed by atoms with E-state index in [0.717, 1.165) is 5.69 Å². The SMILES string of the molecule is CC(C)N=Cc1ccnc(=S)[nH]1. The van der Waals surface area contributed by atoms with Crippen molar-refractivity contribution in [2.75, 3.05) is 0 Å². The quantitative estimate of drug-likeness (QED) is 0.559. The van der Waals surface area contributed by atoms with Gasteiger partial charge in [0, 0.05) is 18.5 Å². The number of hydrogen-bond acceptors (Lipinski definition) is 3. The summed E-state index contributed by atoms with van der Waals surface area (Å²) in [4.78, 5) is 11.0. The van der Waals surface area contributed by atoms with Gasteiger partial charge in [0.05, 0.1) is 5.69 Å². The smallest absolute Gasteiger partial charge is 0.197 e. The lowest BCUT2D eigenvalue weighted by Gasteiger charge is -1.95. The molecule has 0 aromatic carbocycles. The van der Waals surface area contributed by atoms with Crippen LogP contribution in [0.15, 0.2) is 17.3 Å². The van der Waals surface area contributed by atoms with Crippen LogP contribution in [0, 0.1) is 4.77 Å². The summed E-state index contributed by atoms with van der Waals surface area (Å²) >= 11 is 4.85. The van der Waals surface area contributed by atoms with Gasteiger partial charge in [-0.05, 0) is 32.1 Å². The number of aromatic nitrogens is 2. The third kappa shape index (κ3) is 2.92. The monoisotopic (exact) mass is 181 g/mol. The minimum absolute atomic E-state index is 0.306. The van der Waals surface area contributed by atoms with Crippen LogP contribution in [0.4, 0.5) is 0 Å². The van der Waals surface area contributed by atoms with E-state index in [1.807, 2.05) is 19.9 Å². The van der Waals surface area contributed by atoms with Crippen molar-refractivity contribution in [3.05, 3.63) is 22.7 Å². The van der Waals surface area contributed by atoms with Crippen LogP contribution in [0.1, 0.15) is 19.5 Å². The highest BCUT2D eigenvalue weighted by Gasteiger charge is 1.87. The molecular formula is C8H11N3S. The molecular weight excluding hydrogens is 170 g/mol. The van der Waals surface area contributed by atoms with Crippen LogP contribution in [0.25, 0.3) is 0 Å². The fourth-order valence-corrected chi connectivity index (χ4v) is 0.866. The highest BCUT2D eigenvalue weighted by molar-refractivity contribution is 7.71. The zero-order valence-electron chi connectivity index (χ0n) is 7.11. The molecule has 0 aliphatic rings. The molecule has 4 heteroatoms. The van der Waals surface area contributed by atoms with Gasteiger partial charge in [0.2, 0.25) is 0 Å². The molecule has 0 aliphatic heterocycles. The van der Waals surface area contributed by atoms with Crippen molar-refractivity contribution in [1.29, 1.82) is 0 Å². The first-order valence-electron chi connectivity index (χ1n) is 3.77. The molecule has 0 saturated carbocycles. The first-order chi connectivity index (χ1) is 5.68. The summed E-state index contributed by atoms with van der Waals surface area (Å²) in [6, 6.07) is 2.14. The lowest BCUT2D eigenvalue weighted by atomic mass is 10.4. The summed E-state index contributed by atoms with van der Waals surface area (Å²) in [6.45, 7) is 4.04.